The maximum Gasteiger partial charge on any atom is 0.255 e. The van der Waals surface area contributed by atoms with Crippen LogP contribution in [0.2, 0.25) is 0 Å². The molecular formula is C23H31N3O3. The minimum Gasteiger partial charge on any atom is -0.497 e. The first-order valence-corrected chi connectivity index (χ1v) is 10.3. The highest BCUT2D eigenvalue weighted by molar-refractivity contribution is 6.04. The molecule has 6 nitrogen and oxygen atoms in total. The molecule has 2 aromatic carbocycles. The lowest BCUT2D eigenvalue weighted by Crippen LogP contribution is -2.37. The fraction of sp³-hybridized carbons (Fsp3) is 0.435. The molecule has 156 valence electrons. The Labute approximate surface area is 173 Å². The molecule has 0 bridgehead atoms. The van der Waals surface area contributed by atoms with E-state index < -0.39 is 0 Å². The zero-order chi connectivity index (χ0) is 20.3. The molecule has 2 aromatic rings. The van der Waals surface area contributed by atoms with Crippen LogP contribution in [0.1, 0.15) is 28.8 Å². The lowest BCUT2D eigenvalue weighted by Gasteiger charge is -2.26. The summed E-state index contributed by atoms with van der Waals surface area (Å²) in [5.74, 6) is 0.612. The van der Waals surface area contributed by atoms with Gasteiger partial charge in [-0.15, -0.1) is 0 Å². The van der Waals surface area contributed by atoms with Crippen molar-refractivity contribution >= 4 is 11.6 Å². The molecule has 0 aliphatic carbocycles. The van der Waals surface area contributed by atoms with Gasteiger partial charge in [-0.3, -0.25) is 9.69 Å². The summed E-state index contributed by atoms with van der Waals surface area (Å²) in [5.41, 5.74) is 2.57. The molecule has 0 aromatic heterocycles. The number of hydrogen-bond donors (Lipinski definition) is 2. The lowest BCUT2D eigenvalue weighted by atomic mass is 10.1. The second-order valence-electron chi connectivity index (χ2n) is 7.22. The summed E-state index contributed by atoms with van der Waals surface area (Å²) in [7, 11) is 1.61. The number of carbonyl (C=O) groups excluding carboxylic acids is 1. The van der Waals surface area contributed by atoms with E-state index in [-0.39, 0.29) is 5.91 Å². The number of nitrogens with one attached hydrogen (secondary N) is 2. The molecule has 29 heavy (non-hydrogen) atoms. The van der Waals surface area contributed by atoms with Crippen molar-refractivity contribution in [3.05, 3.63) is 59.7 Å². The molecular weight excluding hydrogens is 366 g/mol. The van der Waals surface area contributed by atoms with Gasteiger partial charge in [0.1, 0.15) is 5.75 Å². The Hall–Kier alpha value is -2.41. The molecule has 0 saturated carbocycles. The number of methoxy groups -OCH3 is 1. The molecule has 1 aliphatic heterocycles. The van der Waals surface area contributed by atoms with Crippen molar-refractivity contribution in [1.29, 1.82) is 0 Å². The average Bonchev–Trinajstić information content (AvgIpc) is 2.77. The van der Waals surface area contributed by atoms with E-state index in [0.717, 1.165) is 69.4 Å². The van der Waals surface area contributed by atoms with Gasteiger partial charge in [0, 0.05) is 30.9 Å². The Morgan fingerprint density at radius 2 is 1.90 bits per heavy atom. The first-order chi connectivity index (χ1) is 14.2. The zero-order valence-electron chi connectivity index (χ0n) is 17.2. The van der Waals surface area contributed by atoms with Gasteiger partial charge in [-0.05, 0) is 67.9 Å². The normalized spacial score (nSPS) is 14.5. The third-order valence-electron chi connectivity index (χ3n) is 5.05. The lowest BCUT2D eigenvalue weighted by molar-refractivity contribution is 0.0372. The van der Waals surface area contributed by atoms with E-state index in [1.807, 2.05) is 18.2 Å². The predicted molar refractivity (Wildman–Crippen MR) is 116 cm³/mol. The van der Waals surface area contributed by atoms with Crippen LogP contribution in [-0.2, 0) is 11.3 Å². The van der Waals surface area contributed by atoms with Gasteiger partial charge in [-0.2, -0.15) is 0 Å². The first-order valence-electron chi connectivity index (χ1n) is 10.3. The Morgan fingerprint density at radius 1 is 1.10 bits per heavy atom. The van der Waals surface area contributed by atoms with E-state index in [0.29, 0.717) is 5.56 Å². The second kappa shape index (κ2) is 11.6. The van der Waals surface area contributed by atoms with Crippen molar-refractivity contribution < 1.29 is 14.3 Å². The molecule has 0 radical (unpaired) electrons. The van der Waals surface area contributed by atoms with Crippen LogP contribution in [0, 0.1) is 0 Å². The van der Waals surface area contributed by atoms with Gasteiger partial charge in [-0.25, -0.2) is 0 Å². The highest BCUT2D eigenvalue weighted by atomic mass is 16.5. The number of hydrogen-bond acceptors (Lipinski definition) is 5. The molecule has 3 rings (SSSR count). The minimum atomic E-state index is -0.124. The number of nitrogens with zero attached hydrogens (tertiary/aromatic N) is 1. The summed E-state index contributed by atoms with van der Waals surface area (Å²) < 4.78 is 10.5. The van der Waals surface area contributed by atoms with Crippen LogP contribution in [0.5, 0.6) is 5.75 Å². The standard InChI is InChI=1S/C23H31N3O3/c1-28-22-9-7-20(8-10-22)23(27)25-21-6-4-5-19(17-21)18-24-11-2-3-12-26-13-15-29-16-14-26/h4-10,17,24H,2-3,11-16,18H2,1H3,(H,25,27). The summed E-state index contributed by atoms with van der Waals surface area (Å²) in [6, 6.07) is 15.1. The van der Waals surface area contributed by atoms with Gasteiger partial charge < -0.3 is 20.1 Å². The zero-order valence-corrected chi connectivity index (χ0v) is 17.2. The van der Waals surface area contributed by atoms with Crippen molar-refractivity contribution in [2.45, 2.75) is 19.4 Å². The van der Waals surface area contributed by atoms with Crippen LogP contribution in [0.3, 0.4) is 0 Å². The van der Waals surface area contributed by atoms with Gasteiger partial charge >= 0.3 is 0 Å². The third kappa shape index (κ3) is 7.16. The number of anilines is 1. The Balaban J connectivity index is 1.37. The molecule has 0 spiro atoms. The maximum absolute atomic E-state index is 12.4. The smallest absolute Gasteiger partial charge is 0.255 e. The van der Waals surface area contributed by atoms with E-state index >= 15 is 0 Å². The number of morpholine rings is 1. The molecule has 0 atom stereocenters. The molecule has 0 unspecified atom stereocenters. The molecule has 1 saturated heterocycles. The third-order valence-corrected chi connectivity index (χ3v) is 5.05. The average molecular weight is 398 g/mol. The van der Waals surface area contributed by atoms with E-state index in [1.54, 1.807) is 31.4 Å². The molecule has 1 heterocycles. The number of unbranched alkanes of at least 4 members (excludes halogenated alkanes) is 1. The number of carbonyl (C=O) groups is 1. The summed E-state index contributed by atoms with van der Waals surface area (Å²) in [6.45, 7) is 6.78. The summed E-state index contributed by atoms with van der Waals surface area (Å²) in [6.07, 6.45) is 2.36. The largest absolute Gasteiger partial charge is 0.497 e. The van der Waals surface area contributed by atoms with Crippen molar-refractivity contribution in [2.24, 2.45) is 0 Å². The summed E-state index contributed by atoms with van der Waals surface area (Å²) >= 11 is 0. The molecule has 1 aliphatic rings. The number of amides is 1. The second-order valence-corrected chi connectivity index (χ2v) is 7.22. The fourth-order valence-electron chi connectivity index (χ4n) is 3.35. The number of benzene rings is 2. The van der Waals surface area contributed by atoms with Crippen LogP contribution in [0.4, 0.5) is 5.69 Å². The topological polar surface area (TPSA) is 62.8 Å². The van der Waals surface area contributed by atoms with Crippen LogP contribution in [-0.4, -0.2) is 57.3 Å². The summed E-state index contributed by atoms with van der Waals surface area (Å²) in [4.78, 5) is 14.9. The van der Waals surface area contributed by atoms with E-state index in [2.05, 4.69) is 21.6 Å². The highest BCUT2D eigenvalue weighted by Gasteiger charge is 2.09. The monoisotopic (exact) mass is 397 g/mol. The van der Waals surface area contributed by atoms with Gasteiger partial charge in [0.05, 0.1) is 20.3 Å². The number of ether oxygens (including phenoxy) is 2. The number of rotatable bonds is 10. The molecule has 1 amide bonds. The fourth-order valence-corrected chi connectivity index (χ4v) is 3.35. The first kappa shape index (κ1) is 21.3. The maximum atomic E-state index is 12.4. The van der Waals surface area contributed by atoms with Crippen LogP contribution in [0.25, 0.3) is 0 Å². The highest BCUT2D eigenvalue weighted by Crippen LogP contribution is 2.15. The van der Waals surface area contributed by atoms with Crippen molar-refractivity contribution in [2.75, 3.05) is 51.8 Å². The van der Waals surface area contributed by atoms with E-state index in [9.17, 15) is 4.79 Å². The van der Waals surface area contributed by atoms with Crippen LogP contribution in [0.15, 0.2) is 48.5 Å². The molecule has 2 N–H and O–H groups in total. The van der Waals surface area contributed by atoms with E-state index in [4.69, 9.17) is 9.47 Å². The molecule has 1 fully saturated rings. The van der Waals surface area contributed by atoms with Crippen molar-refractivity contribution in [3.8, 4) is 5.75 Å². The minimum absolute atomic E-state index is 0.124. The quantitative estimate of drug-likeness (QED) is 0.603. The van der Waals surface area contributed by atoms with Crippen molar-refractivity contribution in [3.63, 3.8) is 0 Å². The van der Waals surface area contributed by atoms with Gasteiger partial charge in [0.25, 0.3) is 5.91 Å². The Bertz CT molecular complexity index is 758. The van der Waals surface area contributed by atoms with Crippen LogP contribution < -0.4 is 15.4 Å². The predicted octanol–water partition coefficient (Wildman–Crippen LogP) is 3.15. The Morgan fingerprint density at radius 3 is 2.66 bits per heavy atom. The van der Waals surface area contributed by atoms with Crippen molar-refractivity contribution in [1.82, 2.24) is 10.2 Å². The van der Waals surface area contributed by atoms with E-state index in [1.165, 1.54) is 6.42 Å². The van der Waals surface area contributed by atoms with Gasteiger partial charge in [0.15, 0.2) is 0 Å². The molecule has 6 heteroatoms. The Kier molecular flexibility index (Phi) is 8.49. The van der Waals surface area contributed by atoms with Gasteiger partial charge in [0.2, 0.25) is 0 Å². The van der Waals surface area contributed by atoms with Gasteiger partial charge in [-0.1, -0.05) is 12.1 Å². The van der Waals surface area contributed by atoms with Crippen LogP contribution >= 0.6 is 0 Å². The summed E-state index contributed by atoms with van der Waals surface area (Å²) in [5, 5.41) is 6.45. The SMILES string of the molecule is COc1ccc(C(=O)Nc2cccc(CNCCCCN3CCOCC3)c2)cc1.